The van der Waals surface area contributed by atoms with E-state index in [1.54, 1.807) is 11.5 Å². The standard InChI is InChI=1S/C24H24BrF2N3O3/c1-16-28-23(33-15-19-5-6-20(26)12-21(19)27)22(25)24(31)30(16)14-18-4-2-3-17(11-18)13-29-7-9-32-10-8-29/h2-6,11-12H,7-10,13-15H2,1H3. The van der Waals surface area contributed by atoms with Crippen LogP contribution >= 0.6 is 15.9 Å². The highest BCUT2D eigenvalue weighted by atomic mass is 79.9. The Hall–Kier alpha value is -2.62. The Labute approximate surface area is 198 Å². The molecule has 0 saturated carbocycles. The van der Waals surface area contributed by atoms with Crippen molar-refractivity contribution in [2.24, 2.45) is 0 Å². The van der Waals surface area contributed by atoms with Crippen molar-refractivity contribution in [3.63, 3.8) is 0 Å². The van der Waals surface area contributed by atoms with Gasteiger partial charge in [-0.2, -0.15) is 4.98 Å². The van der Waals surface area contributed by atoms with E-state index in [-0.39, 0.29) is 28.1 Å². The highest BCUT2D eigenvalue weighted by Crippen LogP contribution is 2.21. The van der Waals surface area contributed by atoms with E-state index in [9.17, 15) is 13.6 Å². The molecule has 6 nitrogen and oxygen atoms in total. The average Bonchev–Trinajstić information content (AvgIpc) is 2.80. The van der Waals surface area contributed by atoms with E-state index >= 15 is 0 Å². The quantitative estimate of drug-likeness (QED) is 0.471. The SMILES string of the molecule is Cc1nc(OCc2ccc(F)cc2F)c(Br)c(=O)n1Cc1cccc(CN2CCOCC2)c1. The van der Waals surface area contributed by atoms with Crippen LogP contribution in [0.15, 0.2) is 51.7 Å². The molecule has 1 aliphatic heterocycles. The second kappa shape index (κ2) is 10.5. The number of rotatable bonds is 7. The first kappa shape index (κ1) is 23.5. The number of hydrogen-bond acceptors (Lipinski definition) is 5. The molecule has 9 heteroatoms. The lowest BCUT2D eigenvalue weighted by Gasteiger charge is -2.26. The van der Waals surface area contributed by atoms with Crippen LogP contribution in [-0.4, -0.2) is 40.8 Å². The van der Waals surface area contributed by atoms with Crippen LogP contribution in [0.3, 0.4) is 0 Å². The van der Waals surface area contributed by atoms with Gasteiger partial charge >= 0.3 is 0 Å². The van der Waals surface area contributed by atoms with Crippen molar-refractivity contribution in [3.05, 3.63) is 91.4 Å². The normalized spacial score (nSPS) is 14.4. The second-order valence-electron chi connectivity index (χ2n) is 7.90. The first-order valence-electron chi connectivity index (χ1n) is 10.6. The second-order valence-corrected chi connectivity index (χ2v) is 8.70. The van der Waals surface area contributed by atoms with Crippen LogP contribution in [0, 0.1) is 18.6 Å². The molecule has 1 aliphatic rings. The molecule has 4 rings (SSSR count). The van der Waals surface area contributed by atoms with Crippen molar-refractivity contribution in [1.82, 2.24) is 14.5 Å². The lowest BCUT2D eigenvalue weighted by Crippen LogP contribution is -2.35. The largest absolute Gasteiger partial charge is 0.472 e. The minimum Gasteiger partial charge on any atom is -0.472 e. The number of hydrogen-bond donors (Lipinski definition) is 0. The first-order valence-corrected chi connectivity index (χ1v) is 11.4. The lowest BCUT2D eigenvalue weighted by molar-refractivity contribution is 0.0342. The monoisotopic (exact) mass is 519 g/mol. The summed E-state index contributed by atoms with van der Waals surface area (Å²) >= 11 is 3.27. The van der Waals surface area contributed by atoms with Gasteiger partial charge in [-0.15, -0.1) is 0 Å². The average molecular weight is 520 g/mol. The Morgan fingerprint density at radius 1 is 1.09 bits per heavy atom. The van der Waals surface area contributed by atoms with E-state index in [0.717, 1.165) is 50.5 Å². The molecule has 0 radical (unpaired) electrons. The predicted octanol–water partition coefficient (Wildman–Crippen LogP) is 4.05. The summed E-state index contributed by atoms with van der Waals surface area (Å²) < 4.78 is 39.6. The zero-order chi connectivity index (χ0) is 23.4. The molecule has 2 aromatic carbocycles. The molecule has 0 unspecified atom stereocenters. The lowest BCUT2D eigenvalue weighted by atomic mass is 10.1. The van der Waals surface area contributed by atoms with Gasteiger partial charge in [0.05, 0.1) is 19.8 Å². The van der Waals surface area contributed by atoms with Gasteiger partial charge in [-0.1, -0.05) is 24.3 Å². The van der Waals surface area contributed by atoms with E-state index in [4.69, 9.17) is 9.47 Å². The Morgan fingerprint density at radius 2 is 1.82 bits per heavy atom. The van der Waals surface area contributed by atoms with Crippen LogP contribution in [0.25, 0.3) is 0 Å². The third-order valence-electron chi connectivity index (χ3n) is 5.50. The number of benzene rings is 2. The zero-order valence-electron chi connectivity index (χ0n) is 18.2. The topological polar surface area (TPSA) is 56.6 Å². The van der Waals surface area contributed by atoms with Crippen LogP contribution in [0.4, 0.5) is 8.78 Å². The molecule has 0 atom stereocenters. The summed E-state index contributed by atoms with van der Waals surface area (Å²) in [6, 6.07) is 11.4. The highest BCUT2D eigenvalue weighted by Gasteiger charge is 2.16. The maximum Gasteiger partial charge on any atom is 0.272 e. The molecule has 33 heavy (non-hydrogen) atoms. The van der Waals surface area contributed by atoms with Crippen LogP contribution < -0.4 is 10.3 Å². The molecular formula is C24H24BrF2N3O3. The van der Waals surface area contributed by atoms with E-state index in [0.29, 0.717) is 12.4 Å². The fourth-order valence-electron chi connectivity index (χ4n) is 3.71. The fourth-order valence-corrected chi connectivity index (χ4v) is 4.12. The van der Waals surface area contributed by atoms with Crippen molar-refractivity contribution in [1.29, 1.82) is 0 Å². The fraction of sp³-hybridized carbons (Fsp3) is 0.333. The van der Waals surface area contributed by atoms with Gasteiger partial charge in [0, 0.05) is 31.3 Å². The molecule has 0 bridgehead atoms. The Balaban J connectivity index is 1.49. The Kier molecular flexibility index (Phi) is 7.52. The maximum absolute atomic E-state index is 13.9. The summed E-state index contributed by atoms with van der Waals surface area (Å²) in [6.07, 6.45) is 0. The van der Waals surface area contributed by atoms with Gasteiger partial charge in [-0.05, 0) is 46.1 Å². The summed E-state index contributed by atoms with van der Waals surface area (Å²) in [7, 11) is 0. The van der Waals surface area contributed by atoms with E-state index in [1.165, 1.54) is 11.6 Å². The van der Waals surface area contributed by atoms with Crippen LogP contribution in [0.2, 0.25) is 0 Å². The van der Waals surface area contributed by atoms with Gasteiger partial charge in [0.1, 0.15) is 28.5 Å². The minimum atomic E-state index is -0.715. The number of aryl methyl sites for hydroxylation is 1. The van der Waals surface area contributed by atoms with Crippen LogP contribution in [0.5, 0.6) is 5.88 Å². The maximum atomic E-state index is 13.9. The van der Waals surface area contributed by atoms with Crippen LogP contribution in [0.1, 0.15) is 22.5 Å². The number of aromatic nitrogens is 2. The summed E-state index contributed by atoms with van der Waals surface area (Å²) in [5.41, 5.74) is 2.04. The first-order chi connectivity index (χ1) is 15.9. The van der Waals surface area contributed by atoms with Crippen molar-refractivity contribution in [3.8, 4) is 5.88 Å². The summed E-state index contributed by atoms with van der Waals surface area (Å²) in [4.78, 5) is 19.7. The van der Waals surface area contributed by atoms with Gasteiger partial charge < -0.3 is 9.47 Å². The number of morpholine rings is 1. The summed E-state index contributed by atoms with van der Waals surface area (Å²) in [6.45, 7) is 6.04. The van der Waals surface area contributed by atoms with Crippen molar-refractivity contribution < 1.29 is 18.3 Å². The third-order valence-corrected chi connectivity index (χ3v) is 6.17. The molecule has 3 aromatic rings. The Bertz CT molecular complexity index is 1200. The molecular weight excluding hydrogens is 496 g/mol. The molecule has 174 valence electrons. The van der Waals surface area contributed by atoms with Gasteiger partial charge in [0.15, 0.2) is 0 Å². The molecule has 0 spiro atoms. The summed E-state index contributed by atoms with van der Waals surface area (Å²) in [5, 5.41) is 0. The van der Waals surface area contributed by atoms with Gasteiger partial charge in [0.25, 0.3) is 5.56 Å². The van der Waals surface area contributed by atoms with Crippen molar-refractivity contribution in [2.75, 3.05) is 26.3 Å². The molecule has 0 amide bonds. The van der Waals surface area contributed by atoms with E-state index in [1.807, 2.05) is 12.1 Å². The van der Waals surface area contributed by atoms with Crippen molar-refractivity contribution >= 4 is 15.9 Å². The van der Waals surface area contributed by atoms with Gasteiger partial charge in [-0.3, -0.25) is 14.3 Å². The molecule has 0 N–H and O–H groups in total. The molecule has 1 saturated heterocycles. The third kappa shape index (κ3) is 5.85. The summed E-state index contributed by atoms with van der Waals surface area (Å²) in [5.74, 6) is -0.842. The smallest absolute Gasteiger partial charge is 0.272 e. The van der Waals surface area contributed by atoms with Gasteiger partial charge in [0.2, 0.25) is 5.88 Å². The number of nitrogens with zero attached hydrogens (tertiary/aromatic N) is 3. The molecule has 1 fully saturated rings. The van der Waals surface area contributed by atoms with E-state index < -0.39 is 11.6 Å². The van der Waals surface area contributed by atoms with Crippen LogP contribution in [-0.2, 0) is 24.4 Å². The number of halogens is 3. The number of ether oxygens (including phenoxy) is 2. The Morgan fingerprint density at radius 3 is 2.55 bits per heavy atom. The molecule has 1 aromatic heterocycles. The molecule has 0 aliphatic carbocycles. The minimum absolute atomic E-state index is 0.0681. The molecule has 2 heterocycles. The van der Waals surface area contributed by atoms with Crippen molar-refractivity contribution in [2.45, 2.75) is 26.6 Å². The van der Waals surface area contributed by atoms with Gasteiger partial charge in [-0.25, -0.2) is 8.78 Å². The zero-order valence-corrected chi connectivity index (χ0v) is 19.8. The predicted molar refractivity (Wildman–Crippen MR) is 123 cm³/mol. The van der Waals surface area contributed by atoms with E-state index in [2.05, 4.69) is 37.9 Å². The highest BCUT2D eigenvalue weighted by molar-refractivity contribution is 9.10.